The zero-order valence-electron chi connectivity index (χ0n) is 20.2. The van der Waals surface area contributed by atoms with Crippen LogP contribution in [0.5, 0.6) is 0 Å². The van der Waals surface area contributed by atoms with Crippen LogP contribution in [0.2, 0.25) is 0 Å². The average molecular weight is 612 g/mol. The molecular formula is C19H25N4O15PS. The van der Waals surface area contributed by atoms with Crippen molar-refractivity contribution in [1.82, 2.24) is 19.1 Å². The highest BCUT2D eigenvalue weighted by Gasteiger charge is 2.60. The number of aromatic nitrogens is 4. The Hall–Kier alpha value is -2.43. The van der Waals surface area contributed by atoms with Crippen LogP contribution in [0.25, 0.3) is 0 Å². The van der Waals surface area contributed by atoms with Crippen LogP contribution < -0.4 is 22.5 Å². The topological polar surface area (TPSA) is 277 Å². The van der Waals surface area contributed by atoms with Crippen LogP contribution in [0, 0.1) is 0 Å². The monoisotopic (exact) mass is 612 g/mol. The highest BCUT2D eigenvalue weighted by atomic mass is 32.5. The summed E-state index contributed by atoms with van der Waals surface area (Å²) in [5.74, 6) is -2.92. The fourth-order valence-corrected chi connectivity index (χ4v) is 5.84. The van der Waals surface area contributed by atoms with E-state index in [9.17, 15) is 49.6 Å². The Bertz CT molecular complexity index is 1510. The van der Waals surface area contributed by atoms with E-state index in [0.29, 0.717) is 0 Å². The number of aromatic amines is 2. The van der Waals surface area contributed by atoms with E-state index in [2.05, 4.69) is 0 Å². The number of methoxy groups -OCH3 is 1. The van der Waals surface area contributed by atoms with Gasteiger partial charge in [0.05, 0.1) is 6.61 Å². The van der Waals surface area contributed by atoms with Gasteiger partial charge in [-0.2, -0.15) is 0 Å². The number of nitrogens with one attached hydrogen (secondary N) is 2. The number of aliphatic hydroxyl groups is 5. The Balaban J connectivity index is 1.53. The molecule has 222 valence electrons. The minimum absolute atomic E-state index is 0.480. The van der Waals surface area contributed by atoms with Crippen molar-refractivity contribution in [3.05, 3.63) is 66.2 Å². The van der Waals surface area contributed by atoms with Crippen molar-refractivity contribution >= 4 is 18.5 Å². The maximum Gasteiger partial charge on any atom is 0.330 e. The number of hydrogen-bond acceptors (Lipinski definition) is 15. The minimum atomic E-state index is -4.80. The summed E-state index contributed by atoms with van der Waals surface area (Å²) in [6.45, 7) is -5.28. The van der Waals surface area contributed by atoms with Crippen LogP contribution in [0.1, 0.15) is 12.5 Å². The van der Waals surface area contributed by atoms with Crippen LogP contribution in [-0.4, -0.2) is 106 Å². The van der Waals surface area contributed by atoms with Gasteiger partial charge in [0.15, 0.2) is 24.8 Å². The van der Waals surface area contributed by atoms with E-state index in [1.807, 2.05) is 9.97 Å². The lowest BCUT2D eigenvalue weighted by Crippen LogP contribution is -2.51. The molecule has 2 fully saturated rings. The molecule has 0 amide bonds. The molecule has 21 heteroatoms. The SMILES string of the molecule is COC[C@H]1O[C@@H](n2ccc(=O)[nH]c2=O)[C@H](O)[C@]1(O)OP(O)(=S)OC(O)[C@H]1O[C@@H](n2ccc(=O)[nH]c2=O)[C@H](O)[C@@H]1O. The fraction of sp³-hybridized carbons (Fsp3) is 0.579. The van der Waals surface area contributed by atoms with E-state index in [-0.39, 0.29) is 0 Å². The van der Waals surface area contributed by atoms with E-state index in [1.54, 1.807) is 0 Å². The summed E-state index contributed by atoms with van der Waals surface area (Å²) >= 11 is 4.86. The molecule has 0 bridgehead atoms. The zero-order valence-corrected chi connectivity index (χ0v) is 22.0. The van der Waals surface area contributed by atoms with Crippen LogP contribution in [-0.2, 0) is 35.1 Å². The lowest BCUT2D eigenvalue weighted by Gasteiger charge is -2.34. The van der Waals surface area contributed by atoms with Gasteiger partial charge in [0.25, 0.3) is 11.1 Å². The summed E-state index contributed by atoms with van der Waals surface area (Å²) in [5, 5.41) is 53.2. The standard InChI is InChI=1S/C19H25N4O15PS/c1-34-6-7-19(32,13(28)15(35-7)23-5-3-9(25)21-18(23)31)38-39(33,40)37-16(29)12-10(26)11(27)14(36-12)22-4-2-8(24)20-17(22)30/h2-5,7,10-16,26-29,32H,6H2,1H3,(H,33,40)(H,20,24,30)(H,21,25,31)/t7-,10+,11-,12+,13+,14-,15-,16?,19-,39?/m1/s1. The Labute approximate surface area is 226 Å². The summed E-state index contributed by atoms with van der Waals surface area (Å²) in [6, 6.07) is 1.87. The predicted octanol–water partition coefficient (Wildman–Crippen LogP) is -5.13. The first-order valence-corrected chi connectivity index (χ1v) is 13.9. The highest BCUT2D eigenvalue weighted by Crippen LogP contribution is 2.53. The van der Waals surface area contributed by atoms with Crippen molar-refractivity contribution < 1.29 is 53.7 Å². The van der Waals surface area contributed by atoms with Crippen molar-refractivity contribution in [3.63, 3.8) is 0 Å². The van der Waals surface area contributed by atoms with Gasteiger partial charge in [-0.15, -0.1) is 0 Å². The molecular weight excluding hydrogens is 587 g/mol. The van der Waals surface area contributed by atoms with E-state index < -0.39 is 90.9 Å². The molecule has 0 radical (unpaired) electrons. The first kappa shape index (κ1) is 30.5. The zero-order chi connectivity index (χ0) is 29.6. The van der Waals surface area contributed by atoms with Gasteiger partial charge in [-0.3, -0.25) is 37.7 Å². The third kappa shape index (κ3) is 5.81. The summed E-state index contributed by atoms with van der Waals surface area (Å²) in [6.07, 6.45) is -13.1. The summed E-state index contributed by atoms with van der Waals surface area (Å²) in [5.41, 5.74) is -3.53. The molecule has 0 aliphatic carbocycles. The maximum absolute atomic E-state index is 12.2. The molecule has 0 aromatic carbocycles. The number of ether oxygens (including phenoxy) is 3. The molecule has 2 aliphatic rings. The minimum Gasteiger partial charge on any atom is -0.387 e. The van der Waals surface area contributed by atoms with Crippen LogP contribution in [0.4, 0.5) is 0 Å². The molecule has 40 heavy (non-hydrogen) atoms. The molecule has 4 heterocycles. The normalized spacial score (nSPS) is 34.5. The molecule has 2 aromatic rings. The third-order valence-electron chi connectivity index (χ3n) is 6.09. The van der Waals surface area contributed by atoms with Crippen molar-refractivity contribution in [2.75, 3.05) is 13.7 Å². The van der Waals surface area contributed by atoms with Gasteiger partial charge in [-0.05, 0) is 11.8 Å². The lowest BCUT2D eigenvalue weighted by atomic mass is 10.1. The molecule has 2 aromatic heterocycles. The van der Waals surface area contributed by atoms with Crippen LogP contribution in [0.3, 0.4) is 0 Å². The van der Waals surface area contributed by atoms with Gasteiger partial charge < -0.3 is 44.6 Å². The van der Waals surface area contributed by atoms with Gasteiger partial charge in [0, 0.05) is 31.6 Å². The molecule has 0 spiro atoms. The summed E-state index contributed by atoms with van der Waals surface area (Å²) in [7, 11) is 1.19. The number of rotatable bonds is 9. The van der Waals surface area contributed by atoms with Gasteiger partial charge in [-0.1, -0.05) is 0 Å². The van der Waals surface area contributed by atoms with Crippen molar-refractivity contribution in [2.45, 2.75) is 55.1 Å². The van der Waals surface area contributed by atoms with Crippen LogP contribution >= 0.6 is 6.72 Å². The number of aliphatic hydroxyl groups excluding tert-OH is 4. The Kier molecular flexibility index (Phi) is 8.74. The predicted molar refractivity (Wildman–Crippen MR) is 130 cm³/mol. The van der Waals surface area contributed by atoms with Crippen molar-refractivity contribution in [1.29, 1.82) is 0 Å². The second-order valence-corrected chi connectivity index (χ2v) is 11.4. The average Bonchev–Trinajstić information content (AvgIpc) is 3.27. The van der Waals surface area contributed by atoms with Gasteiger partial charge in [-0.25, -0.2) is 9.59 Å². The van der Waals surface area contributed by atoms with Gasteiger partial charge in [0.2, 0.25) is 5.79 Å². The second kappa shape index (κ2) is 11.4. The van der Waals surface area contributed by atoms with E-state index >= 15 is 0 Å². The third-order valence-corrected chi connectivity index (χ3v) is 7.57. The molecule has 2 unspecified atom stereocenters. The van der Waals surface area contributed by atoms with Gasteiger partial charge in [0.1, 0.15) is 24.4 Å². The van der Waals surface area contributed by atoms with Gasteiger partial charge >= 0.3 is 18.1 Å². The first-order chi connectivity index (χ1) is 18.7. The van der Waals surface area contributed by atoms with E-state index in [1.165, 1.54) is 7.11 Å². The number of hydrogen-bond donors (Lipinski definition) is 8. The Morgan fingerprint density at radius 3 is 2.10 bits per heavy atom. The molecule has 0 saturated carbocycles. The van der Waals surface area contributed by atoms with Crippen molar-refractivity contribution in [2.24, 2.45) is 0 Å². The fourth-order valence-electron chi connectivity index (χ4n) is 4.18. The Morgan fingerprint density at radius 2 is 1.57 bits per heavy atom. The Morgan fingerprint density at radius 1 is 1.02 bits per heavy atom. The molecule has 2 aliphatic heterocycles. The van der Waals surface area contributed by atoms with Crippen molar-refractivity contribution in [3.8, 4) is 0 Å². The largest absolute Gasteiger partial charge is 0.387 e. The van der Waals surface area contributed by atoms with Crippen LogP contribution in [0.15, 0.2) is 43.7 Å². The smallest absolute Gasteiger partial charge is 0.330 e. The lowest BCUT2D eigenvalue weighted by molar-refractivity contribution is -0.230. The summed E-state index contributed by atoms with van der Waals surface area (Å²) < 4.78 is 27.2. The molecule has 2 saturated heterocycles. The number of H-pyrrole nitrogens is 2. The molecule has 10 atom stereocenters. The maximum atomic E-state index is 12.2. The van der Waals surface area contributed by atoms with E-state index in [0.717, 1.165) is 33.7 Å². The first-order valence-electron chi connectivity index (χ1n) is 11.3. The van der Waals surface area contributed by atoms with E-state index in [4.69, 9.17) is 35.1 Å². The highest BCUT2D eigenvalue weighted by molar-refractivity contribution is 8.07. The molecule has 4 rings (SSSR count). The molecule has 19 nitrogen and oxygen atoms in total. The molecule has 8 N–H and O–H groups in total. The number of nitrogens with zero attached hydrogens (tertiary/aromatic N) is 2. The second-order valence-electron chi connectivity index (χ2n) is 8.73. The quantitative estimate of drug-likeness (QED) is 0.0971. The summed E-state index contributed by atoms with van der Waals surface area (Å²) in [4.78, 5) is 61.5.